The van der Waals surface area contributed by atoms with E-state index in [1.54, 1.807) is 18.0 Å². The smallest absolute Gasteiger partial charge is 0.140 e. The Kier molecular flexibility index (Phi) is 5.40. The lowest BCUT2D eigenvalue weighted by Gasteiger charge is -2.29. The molecule has 3 N–H and O–H groups in total. The molecular weight excluding hydrogens is 376 g/mol. The Morgan fingerprint density at radius 2 is 2.17 bits per heavy atom. The summed E-state index contributed by atoms with van der Waals surface area (Å²) in [6.45, 7) is 0. The van der Waals surface area contributed by atoms with E-state index in [9.17, 15) is 5.26 Å². The van der Waals surface area contributed by atoms with E-state index in [1.165, 1.54) is 11.8 Å². The Hall–Kier alpha value is -3.79. The summed E-state index contributed by atoms with van der Waals surface area (Å²) in [7, 11) is 3.49. The highest BCUT2D eigenvalue weighted by atomic mass is 16.5. The van der Waals surface area contributed by atoms with Crippen LogP contribution < -0.4 is 15.4 Å². The Labute approximate surface area is 175 Å². The van der Waals surface area contributed by atoms with Gasteiger partial charge in [0.15, 0.2) is 0 Å². The number of ether oxygens (including phenoxy) is 1. The molecule has 0 aliphatic heterocycles. The molecule has 0 amide bonds. The van der Waals surface area contributed by atoms with Gasteiger partial charge in [0, 0.05) is 42.0 Å². The minimum Gasteiger partial charge on any atom is -0.495 e. The Morgan fingerprint density at radius 1 is 1.30 bits per heavy atom. The van der Waals surface area contributed by atoms with Crippen molar-refractivity contribution in [2.75, 3.05) is 17.7 Å². The number of benzene rings is 2. The lowest BCUT2D eigenvalue weighted by atomic mass is 9.85. The fourth-order valence-corrected chi connectivity index (χ4v) is 4.06. The van der Waals surface area contributed by atoms with Crippen molar-refractivity contribution >= 4 is 23.3 Å². The van der Waals surface area contributed by atoms with Gasteiger partial charge in [-0.15, -0.1) is 0 Å². The standard InChI is InChI=1S/C23H24N6O/c1-29-14-18(13-26-29)28-22-10-17(8-6-15(22)11-24)27-21-5-3-4-20-19(21)9-7-16(12-25)23(20)30-2/h6-11,13-14,21,24,27-28H,3-5H2,1-2H3/t21-/m0/s1. The van der Waals surface area contributed by atoms with Gasteiger partial charge in [-0.25, -0.2) is 0 Å². The molecule has 1 heterocycles. The van der Waals surface area contributed by atoms with Crippen LogP contribution in [0.5, 0.6) is 5.75 Å². The molecule has 7 nitrogen and oxygen atoms in total. The first kappa shape index (κ1) is 19.5. The van der Waals surface area contributed by atoms with Gasteiger partial charge in [0.1, 0.15) is 11.8 Å². The lowest BCUT2D eigenvalue weighted by molar-refractivity contribution is 0.403. The van der Waals surface area contributed by atoms with Crippen molar-refractivity contribution in [2.24, 2.45) is 7.05 Å². The molecule has 0 fully saturated rings. The third kappa shape index (κ3) is 3.72. The zero-order chi connectivity index (χ0) is 21.1. The van der Waals surface area contributed by atoms with E-state index in [0.717, 1.165) is 47.5 Å². The quantitative estimate of drug-likeness (QED) is 0.528. The highest BCUT2D eigenvalue weighted by molar-refractivity contribution is 5.88. The number of hydrogen-bond donors (Lipinski definition) is 3. The number of methoxy groups -OCH3 is 1. The summed E-state index contributed by atoms with van der Waals surface area (Å²) in [4.78, 5) is 0. The zero-order valence-corrected chi connectivity index (χ0v) is 17.1. The van der Waals surface area contributed by atoms with Crippen LogP contribution in [-0.2, 0) is 13.5 Å². The average molecular weight is 400 g/mol. The van der Waals surface area contributed by atoms with Crippen LogP contribution in [0.15, 0.2) is 42.7 Å². The van der Waals surface area contributed by atoms with Crippen molar-refractivity contribution in [2.45, 2.75) is 25.3 Å². The topological polar surface area (TPSA) is 98.8 Å². The maximum Gasteiger partial charge on any atom is 0.140 e. The lowest BCUT2D eigenvalue weighted by Crippen LogP contribution is -2.18. The number of rotatable bonds is 6. The summed E-state index contributed by atoms with van der Waals surface area (Å²) in [5, 5.41) is 28.3. The van der Waals surface area contributed by atoms with Crippen LogP contribution in [0, 0.1) is 16.7 Å². The number of nitrogens with zero attached hydrogens (tertiary/aromatic N) is 3. The van der Waals surface area contributed by atoms with E-state index in [2.05, 4.69) is 21.8 Å². The SMILES string of the molecule is COc1c(C#N)ccc2c1CCC[C@@H]2Nc1ccc(C=N)c(Nc2cnn(C)c2)c1. The normalized spacial score (nSPS) is 15.0. The number of nitriles is 1. The van der Waals surface area contributed by atoms with Gasteiger partial charge < -0.3 is 20.8 Å². The maximum atomic E-state index is 9.38. The molecule has 0 spiro atoms. The molecular formula is C23H24N6O. The number of hydrogen-bond acceptors (Lipinski definition) is 6. The van der Waals surface area contributed by atoms with Crippen molar-refractivity contribution in [3.8, 4) is 11.8 Å². The highest BCUT2D eigenvalue weighted by Gasteiger charge is 2.25. The largest absolute Gasteiger partial charge is 0.495 e. The van der Waals surface area contributed by atoms with Gasteiger partial charge in [-0.2, -0.15) is 10.4 Å². The highest BCUT2D eigenvalue weighted by Crippen LogP contribution is 2.39. The predicted octanol–water partition coefficient (Wildman–Crippen LogP) is 4.53. The molecule has 0 radical (unpaired) electrons. The van der Waals surface area contributed by atoms with Crippen LogP contribution in [0.2, 0.25) is 0 Å². The van der Waals surface area contributed by atoms with Crippen LogP contribution in [0.25, 0.3) is 0 Å². The molecule has 152 valence electrons. The molecule has 7 heteroatoms. The van der Waals surface area contributed by atoms with E-state index in [0.29, 0.717) is 11.3 Å². The summed E-state index contributed by atoms with van der Waals surface area (Å²) in [5.74, 6) is 0.694. The summed E-state index contributed by atoms with van der Waals surface area (Å²) in [6.07, 6.45) is 7.92. The van der Waals surface area contributed by atoms with Crippen LogP contribution in [0.4, 0.5) is 17.1 Å². The zero-order valence-electron chi connectivity index (χ0n) is 17.1. The Morgan fingerprint density at radius 3 is 2.87 bits per heavy atom. The third-order valence-corrected chi connectivity index (χ3v) is 5.45. The number of aromatic nitrogens is 2. The van der Waals surface area contributed by atoms with Crippen molar-refractivity contribution in [1.82, 2.24) is 9.78 Å². The Bertz CT molecular complexity index is 1130. The summed E-state index contributed by atoms with van der Waals surface area (Å²) in [5.41, 5.74) is 6.35. The second kappa shape index (κ2) is 8.29. The molecule has 0 saturated heterocycles. The fourth-order valence-electron chi connectivity index (χ4n) is 4.06. The second-order valence-corrected chi connectivity index (χ2v) is 7.39. The Balaban J connectivity index is 1.63. The number of fused-ring (bicyclic) bond motifs is 1. The van der Waals surface area contributed by atoms with E-state index in [4.69, 9.17) is 10.1 Å². The molecule has 0 saturated carbocycles. The molecule has 2 aromatic carbocycles. The number of anilines is 3. The van der Waals surface area contributed by atoms with Gasteiger partial charge in [-0.05, 0) is 49.1 Å². The van der Waals surface area contributed by atoms with Crippen molar-refractivity contribution in [3.05, 3.63) is 65.0 Å². The molecule has 0 bridgehead atoms. The van der Waals surface area contributed by atoms with Crippen LogP contribution in [-0.4, -0.2) is 23.1 Å². The summed E-state index contributed by atoms with van der Waals surface area (Å²) >= 11 is 0. The van der Waals surface area contributed by atoms with E-state index in [1.807, 2.05) is 43.6 Å². The van der Waals surface area contributed by atoms with Crippen molar-refractivity contribution in [3.63, 3.8) is 0 Å². The molecule has 0 unspecified atom stereocenters. The van der Waals surface area contributed by atoms with Crippen molar-refractivity contribution in [1.29, 1.82) is 10.7 Å². The van der Waals surface area contributed by atoms with Crippen LogP contribution in [0.1, 0.15) is 41.1 Å². The van der Waals surface area contributed by atoms with E-state index < -0.39 is 0 Å². The second-order valence-electron chi connectivity index (χ2n) is 7.39. The predicted molar refractivity (Wildman–Crippen MR) is 118 cm³/mol. The average Bonchev–Trinajstić information content (AvgIpc) is 3.17. The summed E-state index contributed by atoms with van der Waals surface area (Å²) in [6, 6.07) is 12.2. The maximum absolute atomic E-state index is 9.38. The monoisotopic (exact) mass is 400 g/mol. The molecule has 4 rings (SSSR count). The first-order chi connectivity index (χ1) is 14.6. The molecule has 1 aliphatic carbocycles. The van der Waals surface area contributed by atoms with Crippen LogP contribution in [0.3, 0.4) is 0 Å². The van der Waals surface area contributed by atoms with Gasteiger partial charge >= 0.3 is 0 Å². The van der Waals surface area contributed by atoms with Crippen molar-refractivity contribution < 1.29 is 4.74 Å². The van der Waals surface area contributed by atoms with Gasteiger partial charge in [-0.1, -0.05) is 6.07 Å². The first-order valence-corrected chi connectivity index (χ1v) is 9.89. The number of aryl methyl sites for hydroxylation is 1. The van der Waals surface area contributed by atoms with E-state index in [-0.39, 0.29) is 6.04 Å². The molecule has 1 atom stereocenters. The van der Waals surface area contributed by atoms with Gasteiger partial charge in [-0.3, -0.25) is 4.68 Å². The minimum atomic E-state index is 0.132. The first-order valence-electron chi connectivity index (χ1n) is 9.89. The fraction of sp³-hybridized carbons (Fsp3) is 0.261. The van der Waals surface area contributed by atoms with Gasteiger partial charge in [0.05, 0.1) is 30.6 Å². The molecule has 1 aromatic heterocycles. The third-order valence-electron chi connectivity index (χ3n) is 5.45. The molecule has 1 aliphatic rings. The minimum absolute atomic E-state index is 0.132. The van der Waals surface area contributed by atoms with Crippen LogP contribution >= 0.6 is 0 Å². The van der Waals surface area contributed by atoms with Gasteiger partial charge in [0.25, 0.3) is 0 Å². The summed E-state index contributed by atoms with van der Waals surface area (Å²) < 4.78 is 7.29. The number of nitrogens with one attached hydrogen (secondary N) is 3. The van der Waals surface area contributed by atoms with Gasteiger partial charge in [0.2, 0.25) is 0 Å². The molecule has 30 heavy (non-hydrogen) atoms. The van der Waals surface area contributed by atoms with E-state index >= 15 is 0 Å². The molecule has 3 aromatic rings.